The number of benzene rings is 1. The molecule has 1 aromatic carbocycles. The largest absolute Gasteiger partial charge is 0.439 e. The molecule has 0 aliphatic carbocycles. The van der Waals surface area contributed by atoms with Crippen molar-refractivity contribution in [3.05, 3.63) is 36.9 Å². The number of aromatic nitrogens is 6. The molecule has 0 bridgehead atoms. The Bertz CT molecular complexity index is 1360. The first-order chi connectivity index (χ1) is 15.3. The zero-order valence-electron chi connectivity index (χ0n) is 16.3. The number of para-hydroxylation sites is 2. The van der Waals surface area contributed by atoms with Gasteiger partial charge in [-0.15, -0.1) is 0 Å². The van der Waals surface area contributed by atoms with Crippen LogP contribution < -0.4 is 11.5 Å². The highest BCUT2D eigenvalue weighted by Gasteiger charge is 2.45. The van der Waals surface area contributed by atoms with Gasteiger partial charge in [0.05, 0.1) is 24.0 Å². The van der Waals surface area contributed by atoms with Crippen molar-refractivity contribution in [2.75, 3.05) is 18.1 Å². The molecule has 0 spiro atoms. The molecule has 14 nitrogen and oxygen atoms in total. The van der Waals surface area contributed by atoms with Gasteiger partial charge in [0.2, 0.25) is 5.95 Å². The van der Waals surface area contributed by atoms with Crippen LogP contribution in [0.3, 0.4) is 0 Å². The average Bonchev–Trinajstić information content (AvgIpc) is 3.41. The van der Waals surface area contributed by atoms with Crippen LogP contribution in [0.2, 0.25) is 0 Å². The molecule has 168 valence electrons. The van der Waals surface area contributed by atoms with Crippen LogP contribution in [0, 0.1) is 0 Å². The maximum absolute atomic E-state index is 12.9. The summed E-state index contributed by atoms with van der Waals surface area (Å²) in [5.41, 5.74) is 12.9. The SMILES string of the molecule is Nc1ncnc2c1ncn2[C@@H]1O[C@H](COP(=O)(O)n2c(N)nc3ccccc32)[C@@H](O)[C@H]1O. The molecule has 1 fully saturated rings. The van der Waals surface area contributed by atoms with Crippen molar-refractivity contribution >= 4 is 41.7 Å². The van der Waals surface area contributed by atoms with Gasteiger partial charge in [0, 0.05) is 0 Å². The lowest BCUT2D eigenvalue weighted by Gasteiger charge is -2.19. The van der Waals surface area contributed by atoms with Crippen molar-refractivity contribution in [2.24, 2.45) is 0 Å². The van der Waals surface area contributed by atoms with Gasteiger partial charge >= 0.3 is 7.75 Å². The van der Waals surface area contributed by atoms with E-state index in [-0.39, 0.29) is 11.8 Å². The number of anilines is 2. The first kappa shape index (κ1) is 20.8. The average molecular weight is 462 g/mol. The van der Waals surface area contributed by atoms with Gasteiger partial charge in [0.25, 0.3) is 0 Å². The second kappa shape index (κ2) is 7.48. The third-order valence-corrected chi connectivity index (χ3v) is 6.63. The molecule has 0 saturated carbocycles. The van der Waals surface area contributed by atoms with Crippen LogP contribution in [0.1, 0.15) is 6.23 Å². The van der Waals surface area contributed by atoms with Crippen molar-refractivity contribution in [1.29, 1.82) is 0 Å². The number of hydrogen-bond donors (Lipinski definition) is 5. The van der Waals surface area contributed by atoms with Crippen molar-refractivity contribution in [1.82, 2.24) is 28.8 Å². The Hall–Kier alpha value is -3.13. The zero-order valence-corrected chi connectivity index (χ0v) is 17.2. The lowest BCUT2D eigenvalue weighted by Crippen LogP contribution is -2.33. The Kier molecular flexibility index (Phi) is 4.85. The number of rotatable bonds is 5. The minimum Gasteiger partial charge on any atom is -0.387 e. The molecule has 15 heteroatoms. The minimum atomic E-state index is -4.50. The first-order valence-corrected chi connectivity index (χ1v) is 11.0. The number of nitrogen functional groups attached to an aromatic ring is 2. The maximum atomic E-state index is 12.9. The van der Waals surface area contributed by atoms with Crippen molar-refractivity contribution in [3.8, 4) is 0 Å². The first-order valence-electron chi connectivity index (χ1n) is 9.43. The fraction of sp³-hybridized carbons (Fsp3) is 0.294. The fourth-order valence-corrected chi connectivity index (χ4v) is 4.88. The monoisotopic (exact) mass is 462 g/mol. The summed E-state index contributed by atoms with van der Waals surface area (Å²) < 4.78 is 26.1. The molecule has 1 aliphatic rings. The lowest BCUT2D eigenvalue weighted by atomic mass is 10.1. The van der Waals surface area contributed by atoms with Crippen LogP contribution in [0.25, 0.3) is 22.2 Å². The molecule has 7 N–H and O–H groups in total. The molecular formula is C17H19N8O6P. The summed E-state index contributed by atoms with van der Waals surface area (Å²) in [4.78, 5) is 26.6. The van der Waals surface area contributed by atoms with Crippen molar-refractivity contribution < 1.29 is 28.9 Å². The molecule has 0 radical (unpaired) electrons. The van der Waals surface area contributed by atoms with E-state index in [1.807, 2.05) is 0 Å². The van der Waals surface area contributed by atoms with E-state index in [1.165, 1.54) is 17.2 Å². The van der Waals surface area contributed by atoms with E-state index in [4.69, 9.17) is 20.7 Å². The number of hydrogen-bond acceptors (Lipinski definition) is 11. The van der Waals surface area contributed by atoms with Crippen LogP contribution in [0.4, 0.5) is 11.8 Å². The Morgan fingerprint density at radius 3 is 2.75 bits per heavy atom. The van der Waals surface area contributed by atoms with E-state index in [9.17, 15) is 19.7 Å². The van der Waals surface area contributed by atoms with Crippen LogP contribution in [-0.4, -0.2) is 68.9 Å². The fourth-order valence-electron chi connectivity index (χ4n) is 3.68. The summed E-state index contributed by atoms with van der Waals surface area (Å²) in [5.74, 6) is -0.0574. The highest BCUT2D eigenvalue weighted by molar-refractivity contribution is 7.51. The minimum absolute atomic E-state index is 0.146. The number of imidazole rings is 2. The Balaban J connectivity index is 1.37. The van der Waals surface area contributed by atoms with E-state index in [1.54, 1.807) is 24.3 Å². The molecule has 1 saturated heterocycles. The molecule has 5 atom stereocenters. The van der Waals surface area contributed by atoms with Gasteiger partial charge in [-0.1, -0.05) is 12.1 Å². The number of ether oxygens (including phenoxy) is 1. The number of fused-ring (bicyclic) bond motifs is 2. The number of nitrogens with zero attached hydrogens (tertiary/aromatic N) is 6. The normalized spacial score (nSPS) is 25.5. The highest BCUT2D eigenvalue weighted by atomic mass is 31.2. The smallest absolute Gasteiger partial charge is 0.387 e. The Morgan fingerprint density at radius 2 is 1.94 bits per heavy atom. The van der Waals surface area contributed by atoms with Crippen molar-refractivity contribution in [2.45, 2.75) is 24.5 Å². The van der Waals surface area contributed by atoms with E-state index in [0.717, 1.165) is 4.34 Å². The van der Waals surface area contributed by atoms with E-state index in [2.05, 4.69) is 19.9 Å². The highest BCUT2D eigenvalue weighted by Crippen LogP contribution is 2.48. The summed E-state index contributed by atoms with van der Waals surface area (Å²) in [6.45, 7) is -0.516. The van der Waals surface area contributed by atoms with Gasteiger partial charge in [-0.05, 0) is 12.1 Å². The van der Waals surface area contributed by atoms with Gasteiger partial charge in [-0.25, -0.2) is 28.8 Å². The topological polar surface area (TPSA) is 210 Å². The van der Waals surface area contributed by atoms with E-state index < -0.39 is 38.9 Å². The number of aliphatic hydroxyl groups is 2. The molecular weight excluding hydrogens is 443 g/mol. The molecule has 32 heavy (non-hydrogen) atoms. The molecule has 3 aromatic heterocycles. The summed E-state index contributed by atoms with van der Waals surface area (Å²) in [6.07, 6.45) is -2.47. The van der Waals surface area contributed by atoms with Gasteiger partial charge in [-0.2, -0.15) is 0 Å². The quantitative estimate of drug-likeness (QED) is 0.240. The van der Waals surface area contributed by atoms with E-state index >= 15 is 0 Å². The maximum Gasteiger partial charge on any atom is 0.439 e. The van der Waals surface area contributed by atoms with Crippen LogP contribution in [0.15, 0.2) is 36.9 Å². The number of aliphatic hydroxyl groups excluding tert-OH is 2. The molecule has 1 unspecified atom stereocenters. The lowest BCUT2D eigenvalue weighted by molar-refractivity contribution is -0.0486. The van der Waals surface area contributed by atoms with Gasteiger partial charge in [0.1, 0.15) is 30.2 Å². The second-order valence-electron chi connectivity index (χ2n) is 7.19. The summed E-state index contributed by atoms with van der Waals surface area (Å²) in [7, 11) is -4.50. The summed E-state index contributed by atoms with van der Waals surface area (Å²) in [5, 5.41) is 21.0. The summed E-state index contributed by atoms with van der Waals surface area (Å²) >= 11 is 0. The van der Waals surface area contributed by atoms with Gasteiger partial charge < -0.3 is 31.3 Å². The van der Waals surface area contributed by atoms with Gasteiger partial charge in [0.15, 0.2) is 17.7 Å². The zero-order chi connectivity index (χ0) is 22.6. The number of nitrogens with two attached hydrogens (primary N) is 2. The van der Waals surface area contributed by atoms with E-state index in [0.29, 0.717) is 22.2 Å². The third kappa shape index (κ3) is 3.21. The molecule has 4 aromatic rings. The van der Waals surface area contributed by atoms with Crippen LogP contribution >= 0.6 is 7.75 Å². The van der Waals surface area contributed by atoms with Crippen LogP contribution in [-0.2, 0) is 13.8 Å². The Labute approximate surface area is 179 Å². The van der Waals surface area contributed by atoms with Crippen LogP contribution in [0.5, 0.6) is 0 Å². The predicted octanol–water partition coefficient (Wildman–Crippen LogP) is -0.375. The molecule has 0 amide bonds. The summed E-state index contributed by atoms with van der Waals surface area (Å²) in [6, 6.07) is 6.59. The Morgan fingerprint density at radius 1 is 1.16 bits per heavy atom. The predicted molar refractivity (Wildman–Crippen MR) is 111 cm³/mol. The second-order valence-corrected chi connectivity index (χ2v) is 8.83. The van der Waals surface area contributed by atoms with Crippen molar-refractivity contribution in [3.63, 3.8) is 0 Å². The molecule has 5 rings (SSSR count). The molecule has 4 heterocycles. The molecule has 1 aliphatic heterocycles. The third-order valence-electron chi connectivity index (χ3n) is 5.22. The standard InChI is InChI=1S/C17H19N8O6P/c18-14-11-15(21-6-20-14)24(7-22-11)16-13(27)12(26)10(31-16)5-30-32(28,29)25-9-4-2-1-3-8(9)23-17(25)19/h1-4,6-7,10,12-13,16,26-27H,5H2,(H2,19,23)(H,28,29)(H2,18,20,21)/t10-,12-,13-,16-/m1/s1. The van der Waals surface area contributed by atoms with Gasteiger partial charge in [-0.3, -0.25) is 9.09 Å².